The van der Waals surface area contributed by atoms with Gasteiger partial charge in [0.1, 0.15) is 0 Å². The molecule has 0 heterocycles. The largest absolute Gasteiger partial charge is 0.372 e. The van der Waals surface area contributed by atoms with Crippen molar-refractivity contribution in [2.45, 2.75) is 40.5 Å². The Hall–Kier alpha value is -3.14. The van der Waals surface area contributed by atoms with Crippen LogP contribution in [0.15, 0.2) is 76.9 Å². The Morgan fingerprint density at radius 2 is 1.63 bits per heavy atom. The second-order valence-corrected chi connectivity index (χ2v) is 7.57. The molecule has 2 aromatic rings. The zero-order valence-electron chi connectivity index (χ0n) is 18.5. The molecule has 2 aromatic carbocycles. The van der Waals surface area contributed by atoms with Gasteiger partial charge in [-0.2, -0.15) is 0 Å². The molecule has 0 unspecified atom stereocenters. The third kappa shape index (κ3) is 5.26. The molecule has 0 aromatic heterocycles. The van der Waals surface area contributed by atoms with Crippen molar-refractivity contribution in [3.63, 3.8) is 0 Å². The smallest absolute Gasteiger partial charge is 0.0778 e. The molecular formula is C26H32N4. The predicted molar refractivity (Wildman–Crippen MR) is 131 cm³/mol. The maximum absolute atomic E-state index is 8.34. The van der Waals surface area contributed by atoms with Crippen molar-refractivity contribution in [3.8, 4) is 0 Å². The predicted octanol–water partition coefficient (Wildman–Crippen LogP) is 6.53. The fourth-order valence-corrected chi connectivity index (χ4v) is 3.52. The summed E-state index contributed by atoms with van der Waals surface area (Å²) in [5.74, 6) is 0. The normalized spacial score (nSPS) is 15.1. The van der Waals surface area contributed by atoms with Gasteiger partial charge in [0.05, 0.1) is 22.8 Å². The van der Waals surface area contributed by atoms with Crippen molar-refractivity contribution < 1.29 is 0 Å². The second-order valence-electron chi connectivity index (χ2n) is 7.57. The lowest BCUT2D eigenvalue weighted by Crippen LogP contribution is -2.23. The van der Waals surface area contributed by atoms with Gasteiger partial charge in [-0.3, -0.25) is 5.41 Å². The van der Waals surface area contributed by atoms with Crippen LogP contribution in [0.5, 0.6) is 0 Å². The first kappa shape index (κ1) is 21.6. The molecule has 0 spiro atoms. The van der Waals surface area contributed by atoms with Crippen molar-refractivity contribution >= 4 is 28.5 Å². The summed E-state index contributed by atoms with van der Waals surface area (Å²) in [6.07, 6.45) is 5.99. The molecule has 0 atom stereocenters. The number of hydrogen-bond donors (Lipinski definition) is 2. The first-order valence-corrected chi connectivity index (χ1v) is 10.8. The number of aryl methyl sites for hydroxylation is 1. The Balaban J connectivity index is 1.81. The van der Waals surface area contributed by atoms with E-state index in [0.29, 0.717) is 5.71 Å². The van der Waals surface area contributed by atoms with Crippen LogP contribution in [0.1, 0.15) is 39.7 Å². The lowest BCUT2D eigenvalue weighted by Gasteiger charge is -2.22. The van der Waals surface area contributed by atoms with Crippen LogP contribution in [0, 0.1) is 5.41 Å². The molecule has 4 nitrogen and oxygen atoms in total. The summed E-state index contributed by atoms with van der Waals surface area (Å²) in [6.45, 7) is 10.6. The molecule has 156 valence electrons. The number of rotatable bonds is 8. The minimum Gasteiger partial charge on any atom is -0.372 e. The van der Waals surface area contributed by atoms with Gasteiger partial charge in [0.25, 0.3) is 0 Å². The summed E-state index contributed by atoms with van der Waals surface area (Å²) >= 11 is 0. The minimum absolute atomic E-state index is 0.472. The standard InChI is InChI=1S/C26H32N4/c1-5-16-30(7-3)23-14-12-22(13-15-23)28-25-18-26(24(27)17-19(25)4)29-21-10-8-20(6-2)9-11-21/h8-15,17-18,27,29H,5-7,16H2,1-4H3. The number of allylic oxidation sites excluding steroid dienone is 3. The highest BCUT2D eigenvalue weighted by Crippen LogP contribution is 2.23. The van der Waals surface area contributed by atoms with Gasteiger partial charge in [-0.1, -0.05) is 26.0 Å². The van der Waals surface area contributed by atoms with Crippen molar-refractivity contribution in [2.24, 2.45) is 4.99 Å². The van der Waals surface area contributed by atoms with E-state index in [1.807, 2.05) is 19.1 Å². The second kappa shape index (κ2) is 10.1. The average molecular weight is 401 g/mol. The third-order valence-electron chi connectivity index (χ3n) is 5.32. The lowest BCUT2D eigenvalue weighted by molar-refractivity contribution is 0.792. The summed E-state index contributed by atoms with van der Waals surface area (Å²) in [5, 5.41) is 11.7. The Bertz CT molecular complexity index is 963. The number of anilines is 2. The first-order valence-electron chi connectivity index (χ1n) is 10.8. The average Bonchev–Trinajstić information content (AvgIpc) is 2.76. The molecule has 0 bridgehead atoms. The Kier molecular flexibility index (Phi) is 7.23. The van der Waals surface area contributed by atoms with E-state index in [1.54, 1.807) is 0 Å². The fourth-order valence-electron chi connectivity index (χ4n) is 3.52. The van der Waals surface area contributed by atoms with Crippen molar-refractivity contribution in [1.82, 2.24) is 0 Å². The zero-order chi connectivity index (χ0) is 21.5. The van der Waals surface area contributed by atoms with E-state index in [-0.39, 0.29) is 0 Å². The van der Waals surface area contributed by atoms with Gasteiger partial charge >= 0.3 is 0 Å². The van der Waals surface area contributed by atoms with E-state index in [9.17, 15) is 0 Å². The highest BCUT2D eigenvalue weighted by Gasteiger charge is 2.14. The number of aliphatic imine (C=N–C) groups is 1. The van der Waals surface area contributed by atoms with E-state index in [1.165, 1.54) is 11.3 Å². The molecule has 0 saturated carbocycles. The van der Waals surface area contributed by atoms with Crippen LogP contribution < -0.4 is 10.2 Å². The van der Waals surface area contributed by atoms with Crippen LogP contribution in [-0.2, 0) is 6.42 Å². The molecule has 4 heteroatoms. The Morgan fingerprint density at radius 3 is 2.23 bits per heavy atom. The highest BCUT2D eigenvalue weighted by molar-refractivity contribution is 6.24. The molecule has 0 fully saturated rings. The topological polar surface area (TPSA) is 51.5 Å². The maximum atomic E-state index is 8.34. The van der Waals surface area contributed by atoms with E-state index in [0.717, 1.165) is 54.3 Å². The molecule has 1 aliphatic rings. The number of hydrogen-bond acceptors (Lipinski definition) is 4. The monoisotopic (exact) mass is 400 g/mol. The van der Waals surface area contributed by atoms with Gasteiger partial charge in [-0.15, -0.1) is 0 Å². The van der Waals surface area contributed by atoms with Crippen LogP contribution in [0.25, 0.3) is 0 Å². The van der Waals surface area contributed by atoms with Gasteiger partial charge < -0.3 is 10.2 Å². The van der Waals surface area contributed by atoms with E-state index >= 15 is 0 Å². The summed E-state index contributed by atoms with van der Waals surface area (Å²) < 4.78 is 0. The van der Waals surface area contributed by atoms with Crippen LogP contribution in [-0.4, -0.2) is 24.5 Å². The van der Waals surface area contributed by atoms with Crippen molar-refractivity contribution in [1.29, 1.82) is 5.41 Å². The maximum Gasteiger partial charge on any atom is 0.0778 e. The molecule has 3 rings (SSSR count). The molecule has 0 aliphatic heterocycles. The zero-order valence-corrected chi connectivity index (χ0v) is 18.5. The fraction of sp³-hybridized carbons (Fsp3) is 0.308. The lowest BCUT2D eigenvalue weighted by atomic mass is 10.0. The Morgan fingerprint density at radius 1 is 0.933 bits per heavy atom. The molecular weight excluding hydrogens is 368 g/mol. The minimum atomic E-state index is 0.472. The SMILES string of the molecule is CCCN(CC)c1ccc(N=C2C=C(Nc3ccc(CC)cc3)C(=N)C=C2C)cc1. The summed E-state index contributed by atoms with van der Waals surface area (Å²) in [5.41, 5.74) is 7.55. The molecule has 0 radical (unpaired) electrons. The quantitative estimate of drug-likeness (QED) is 0.495. The molecule has 0 amide bonds. The first-order chi connectivity index (χ1) is 14.5. The summed E-state index contributed by atoms with van der Waals surface area (Å²) in [4.78, 5) is 7.21. The van der Waals surface area contributed by atoms with E-state index in [4.69, 9.17) is 10.4 Å². The van der Waals surface area contributed by atoms with Crippen molar-refractivity contribution in [2.75, 3.05) is 23.3 Å². The van der Waals surface area contributed by atoms with Crippen molar-refractivity contribution in [3.05, 3.63) is 77.5 Å². The van der Waals surface area contributed by atoms with Gasteiger partial charge in [0.15, 0.2) is 0 Å². The number of nitrogens with one attached hydrogen (secondary N) is 2. The van der Waals surface area contributed by atoms with Gasteiger partial charge in [0.2, 0.25) is 0 Å². The highest BCUT2D eigenvalue weighted by atomic mass is 15.1. The van der Waals surface area contributed by atoms with Crippen LogP contribution >= 0.6 is 0 Å². The van der Waals surface area contributed by atoms with Crippen LogP contribution in [0.4, 0.5) is 17.1 Å². The van der Waals surface area contributed by atoms with Gasteiger partial charge in [0, 0.05) is 24.5 Å². The van der Waals surface area contributed by atoms with Crippen LogP contribution in [0.2, 0.25) is 0 Å². The molecule has 0 saturated heterocycles. The van der Waals surface area contributed by atoms with E-state index in [2.05, 4.69) is 79.5 Å². The summed E-state index contributed by atoms with van der Waals surface area (Å²) in [6, 6.07) is 16.8. The van der Waals surface area contributed by atoms with E-state index < -0.39 is 0 Å². The summed E-state index contributed by atoms with van der Waals surface area (Å²) in [7, 11) is 0. The number of benzene rings is 2. The van der Waals surface area contributed by atoms with Gasteiger partial charge in [-0.25, -0.2) is 4.99 Å². The number of nitrogens with zero attached hydrogens (tertiary/aromatic N) is 2. The van der Waals surface area contributed by atoms with Gasteiger partial charge in [-0.05, 0) is 86.4 Å². The Labute approximate surface area is 180 Å². The molecule has 30 heavy (non-hydrogen) atoms. The molecule has 1 aliphatic carbocycles. The third-order valence-corrected chi connectivity index (χ3v) is 5.32. The van der Waals surface area contributed by atoms with Crippen LogP contribution in [0.3, 0.4) is 0 Å². The molecule has 2 N–H and O–H groups in total.